The molecule has 0 unspecified atom stereocenters. The summed E-state index contributed by atoms with van der Waals surface area (Å²) in [5.74, 6) is 0. The minimum absolute atomic E-state index is 0.530. The molecule has 0 saturated carbocycles. The third-order valence-corrected chi connectivity index (χ3v) is 1.75. The fourth-order valence-corrected chi connectivity index (χ4v) is 1.02. The first-order chi connectivity index (χ1) is 10.1. The van der Waals surface area contributed by atoms with Crippen molar-refractivity contribution in [2.75, 3.05) is 0 Å². The van der Waals surface area contributed by atoms with Gasteiger partial charge < -0.3 is 5.73 Å². The van der Waals surface area contributed by atoms with Crippen LogP contribution in [-0.4, -0.2) is 0 Å². The maximum atomic E-state index is 5.49. The van der Waals surface area contributed by atoms with Crippen molar-refractivity contribution in [1.29, 1.82) is 0 Å². The van der Waals surface area contributed by atoms with E-state index < -0.39 is 0 Å². The molecular formula is C20H37N. The van der Waals surface area contributed by atoms with E-state index in [0.717, 1.165) is 11.1 Å². The Hall–Kier alpha value is -1.76. The van der Waals surface area contributed by atoms with Crippen molar-refractivity contribution in [2.24, 2.45) is 5.73 Å². The second kappa shape index (κ2) is 26.7. The molecular weight excluding hydrogens is 254 g/mol. The zero-order chi connectivity index (χ0) is 17.7. The molecule has 122 valence electrons. The summed E-state index contributed by atoms with van der Waals surface area (Å²) in [6.07, 6.45) is 13.6. The molecule has 0 saturated heterocycles. The Kier molecular flexibility index (Phi) is 35.1. The van der Waals surface area contributed by atoms with Crippen LogP contribution in [0.1, 0.15) is 55.4 Å². The van der Waals surface area contributed by atoms with E-state index >= 15 is 0 Å². The topological polar surface area (TPSA) is 26.0 Å². The van der Waals surface area contributed by atoms with E-state index in [2.05, 4.69) is 13.2 Å². The van der Waals surface area contributed by atoms with Crippen LogP contribution < -0.4 is 5.73 Å². The third-order valence-electron chi connectivity index (χ3n) is 1.75. The zero-order valence-electron chi connectivity index (χ0n) is 15.5. The van der Waals surface area contributed by atoms with Gasteiger partial charge in [-0.3, -0.25) is 0 Å². The minimum atomic E-state index is 0.530. The number of rotatable bonds is 5. The van der Waals surface area contributed by atoms with Crippen LogP contribution in [0.4, 0.5) is 0 Å². The van der Waals surface area contributed by atoms with Crippen LogP contribution in [0.5, 0.6) is 0 Å². The standard InChI is InChI=1S/C14H19N.3C2H6/c1-5-8-13(6-2)9-10-14(7-3)11-12(4)15;3*1-2/h5-11H,3-4,15H2,1-2H3;3*1-2H3/b8-5-,10-9+,13-6+,14-11+;;;. The van der Waals surface area contributed by atoms with E-state index in [-0.39, 0.29) is 0 Å². The molecule has 2 N–H and O–H groups in total. The molecule has 0 fully saturated rings. The van der Waals surface area contributed by atoms with Crippen molar-refractivity contribution >= 4 is 0 Å². The van der Waals surface area contributed by atoms with Gasteiger partial charge in [0, 0.05) is 5.70 Å². The summed E-state index contributed by atoms with van der Waals surface area (Å²) in [7, 11) is 0. The summed E-state index contributed by atoms with van der Waals surface area (Å²) in [5, 5.41) is 0. The average Bonchev–Trinajstić information content (AvgIpc) is 2.55. The fraction of sp³-hybridized carbons (Fsp3) is 0.400. The number of nitrogens with two attached hydrogens (primary N) is 1. The Morgan fingerprint density at radius 3 is 1.52 bits per heavy atom. The Labute approximate surface area is 134 Å². The molecule has 0 radical (unpaired) electrons. The molecule has 0 aliphatic rings. The molecule has 0 aliphatic heterocycles. The monoisotopic (exact) mass is 291 g/mol. The van der Waals surface area contributed by atoms with Crippen LogP contribution >= 0.6 is 0 Å². The molecule has 0 spiro atoms. The summed E-state index contributed by atoms with van der Waals surface area (Å²) in [6, 6.07) is 0. The van der Waals surface area contributed by atoms with Gasteiger partial charge in [0.1, 0.15) is 0 Å². The summed E-state index contributed by atoms with van der Waals surface area (Å²) in [4.78, 5) is 0. The summed E-state index contributed by atoms with van der Waals surface area (Å²) in [6.45, 7) is 23.3. The van der Waals surface area contributed by atoms with Crippen LogP contribution in [0.3, 0.4) is 0 Å². The molecule has 0 heterocycles. The molecule has 0 bridgehead atoms. The van der Waals surface area contributed by atoms with Crippen molar-refractivity contribution in [3.63, 3.8) is 0 Å². The predicted molar refractivity (Wildman–Crippen MR) is 103 cm³/mol. The Morgan fingerprint density at radius 2 is 1.24 bits per heavy atom. The van der Waals surface area contributed by atoms with Gasteiger partial charge in [-0.1, -0.05) is 91.2 Å². The minimum Gasteiger partial charge on any atom is -0.399 e. The molecule has 0 amide bonds. The molecule has 0 aliphatic carbocycles. The highest BCUT2D eigenvalue weighted by atomic mass is 14.5. The van der Waals surface area contributed by atoms with Crippen molar-refractivity contribution in [1.82, 2.24) is 0 Å². The predicted octanol–water partition coefficient (Wildman–Crippen LogP) is 6.73. The summed E-state index contributed by atoms with van der Waals surface area (Å²) in [5.41, 5.74) is 8.11. The molecule has 1 heteroatoms. The van der Waals surface area contributed by atoms with Crippen molar-refractivity contribution in [2.45, 2.75) is 55.4 Å². The Bertz CT molecular complexity index is 339. The molecule has 21 heavy (non-hydrogen) atoms. The SMILES string of the molecule is C=CC(/C=C/C(/C=C\C)=C/C)=C\C(=C)N.CC.CC.CC. The van der Waals surface area contributed by atoms with E-state index in [0.29, 0.717) is 5.70 Å². The van der Waals surface area contributed by atoms with Gasteiger partial charge in [-0.2, -0.15) is 0 Å². The van der Waals surface area contributed by atoms with Gasteiger partial charge >= 0.3 is 0 Å². The van der Waals surface area contributed by atoms with E-state index in [9.17, 15) is 0 Å². The summed E-state index contributed by atoms with van der Waals surface area (Å²) >= 11 is 0. The van der Waals surface area contributed by atoms with E-state index in [1.54, 1.807) is 12.2 Å². The average molecular weight is 292 g/mol. The molecule has 0 aromatic carbocycles. The highest BCUT2D eigenvalue weighted by Gasteiger charge is 1.87. The first kappa shape index (κ1) is 27.6. The maximum Gasteiger partial charge on any atom is 0.0246 e. The third kappa shape index (κ3) is 23.7. The van der Waals surface area contributed by atoms with Crippen LogP contribution in [0.25, 0.3) is 0 Å². The molecule has 0 atom stereocenters. The number of allylic oxidation sites excluding steroid dienone is 9. The van der Waals surface area contributed by atoms with E-state index in [4.69, 9.17) is 5.73 Å². The van der Waals surface area contributed by atoms with Gasteiger partial charge in [-0.15, -0.1) is 0 Å². The maximum absolute atomic E-state index is 5.49. The van der Waals surface area contributed by atoms with Gasteiger partial charge in [-0.05, 0) is 31.1 Å². The number of hydrogen-bond acceptors (Lipinski definition) is 1. The molecule has 0 rings (SSSR count). The number of hydrogen-bond donors (Lipinski definition) is 1. The Balaban J connectivity index is -0.000000212. The first-order valence-corrected chi connectivity index (χ1v) is 7.89. The van der Waals surface area contributed by atoms with Crippen LogP contribution in [0.15, 0.2) is 72.5 Å². The molecule has 1 nitrogen and oxygen atoms in total. The molecule has 0 aromatic heterocycles. The fourth-order valence-electron chi connectivity index (χ4n) is 1.02. The largest absolute Gasteiger partial charge is 0.399 e. The van der Waals surface area contributed by atoms with Crippen LogP contribution in [0, 0.1) is 0 Å². The van der Waals surface area contributed by atoms with Crippen molar-refractivity contribution in [3.8, 4) is 0 Å². The van der Waals surface area contributed by atoms with Crippen LogP contribution in [-0.2, 0) is 0 Å². The second-order valence-electron chi connectivity index (χ2n) is 3.05. The second-order valence-corrected chi connectivity index (χ2v) is 3.05. The lowest BCUT2D eigenvalue weighted by Crippen LogP contribution is -1.90. The van der Waals surface area contributed by atoms with Gasteiger partial charge in [-0.25, -0.2) is 0 Å². The van der Waals surface area contributed by atoms with E-state index in [1.165, 1.54) is 0 Å². The summed E-state index contributed by atoms with van der Waals surface area (Å²) < 4.78 is 0. The first-order valence-electron chi connectivity index (χ1n) is 7.89. The van der Waals surface area contributed by atoms with Gasteiger partial charge in [0.15, 0.2) is 0 Å². The lowest BCUT2D eigenvalue weighted by molar-refractivity contribution is 1.43. The van der Waals surface area contributed by atoms with Crippen LogP contribution in [0.2, 0.25) is 0 Å². The Morgan fingerprint density at radius 1 is 0.810 bits per heavy atom. The van der Waals surface area contributed by atoms with Gasteiger partial charge in [0.05, 0.1) is 0 Å². The van der Waals surface area contributed by atoms with Gasteiger partial charge in [0.2, 0.25) is 0 Å². The normalized spacial score (nSPS) is 10.7. The lowest BCUT2D eigenvalue weighted by Gasteiger charge is -1.95. The van der Waals surface area contributed by atoms with Gasteiger partial charge in [0.25, 0.3) is 0 Å². The molecule has 0 aromatic rings. The smallest absolute Gasteiger partial charge is 0.0246 e. The highest BCUT2D eigenvalue weighted by Crippen LogP contribution is 2.05. The van der Waals surface area contributed by atoms with Crippen molar-refractivity contribution in [3.05, 3.63) is 72.5 Å². The zero-order valence-corrected chi connectivity index (χ0v) is 15.5. The highest BCUT2D eigenvalue weighted by molar-refractivity contribution is 5.40. The quantitative estimate of drug-likeness (QED) is 0.558. The van der Waals surface area contributed by atoms with Crippen molar-refractivity contribution < 1.29 is 0 Å². The van der Waals surface area contributed by atoms with E-state index in [1.807, 2.05) is 85.8 Å². The lowest BCUT2D eigenvalue weighted by atomic mass is 10.1.